The van der Waals surface area contributed by atoms with E-state index < -0.39 is 15.7 Å². The average Bonchev–Trinajstić information content (AvgIpc) is 3.23. The largest absolute Gasteiger partial charge is 0.352 e. The van der Waals surface area contributed by atoms with E-state index in [0.29, 0.717) is 23.6 Å². The predicted molar refractivity (Wildman–Crippen MR) is 123 cm³/mol. The van der Waals surface area contributed by atoms with Gasteiger partial charge in [0, 0.05) is 32.9 Å². The summed E-state index contributed by atoms with van der Waals surface area (Å²) in [5.74, 6) is 0.0434. The van der Waals surface area contributed by atoms with Crippen LogP contribution in [0, 0.1) is 5.82 Å². The Morgan fingerprint density at radius 3 is 2.29 bits per heavy atom. The van der Waals surface area contributed by atoms with Gasteiger partial charge in [-0.2, -0.15) is 0 Å². The van der Waals surface area contributed by atoms with Crippen LogP contribution in [0.25, 0.3) is 0 Å². The summed E-state index contributed by atoms with van der Waals surface area (Å²) in [6.07, 6.45) is 3.75. The molecule has 2 aromatic carbocycles. The van der Waals surface area contributed by atoms with E-state index in [1.807, 2.05) is 0 Å². The average molecular weight is 447 g/mol. The Morgan fingerprint density at radius 2 is 1.65 bits per heavy atom. The van der Waals surface area contributed by atoms with Crippen LogP contribution in [-0.2, 0) is 35.2 Å². The van der Waals surface area contributed by atoms with Gasteiger partial charge in [0.2, 0.25) is 0 Å². The molecule has 8 heteroatoms. The number of aliphatic imine (C=N–C) groups is 1. The van der Waals surface area contributed by atoms with Crippen molar-refractivity contribution in [1.82, 2.24) is 15.5 Å². The molecule has 0 amide bonds. The third kappa shape index (κ3) is 7.63. The molecule has 0 saturated carbocycles. The maximum absolute atomic E-state index is 13.7. The Kier molecular flexibility index (Phi) is 8.03. The van der Waals surface area contributed by atoms with Gasteiger partial charge in [-0.05, 0) is 60.3 Å². The molecule has 0 unspecified atom stereocenters. The summed E-state index contributed by atoms with van der Waals surface area (Å²) in [5, 5.41) is 6.39. The van der Waals surface area contributed by atoms with Crippen LogP contribution >= 0.6 is 0 Å². The Hall–Kier alpha value is -2.45. The summed E-state index contributed by atoms with van der Waals surface area (Å²) in [5.41, 5.74) is 3.63. The lowest BCUT2D eigenvalue weighted by molar-refractivity contribution is 0.331. The van der Waals surface area contributed by atoms with E-state index in [1.165, 1.54) is 55.9 Å². The van der Waals surface area contributed by atoms with Crippen LogP contribution in [0.4, 0.5) is 4.39 Å². The van der Waals surface area contributed by atoms with E-state index in [9.17, 15) is 12.8 Å². The molecule has 3 rings (SSSR count). The smallest absolute Gasteiger partial charge is 0.191 e. The number of nitrogens with zero attached hydrogens (tertiary/aromatic N) is 2. The highest BCUT2D eigenvalue weighted by molar-refractivity contribution is 7.89. The van der Waals surface area contributed by atoms with Gasteiger partial charge in [0.25, 0.3) is 0 Å². The Labute approximate surface area is 184 Å². The Bertz CT molecular complexity index is 1000. The molecule has 2 aromatic rings. The standard InChI is InChI=1S/C23H31FN4O2S/c1-25-23(27-15-21-13-22(24)10-9-20(21)17-31(2,29)30)26-14-18-5-7-19(8-6-18)16-28-11-3-4-12-28/h5-10,13H,3-4,11-12,14-17H2,1-2H3,(H2,25,26,27). The van der Waals surface area contributed by atoms with Gasteiger partial charge in [-0.1, -0.05) is 30.3 Å². The summed E-state index contributed by atoms with van der Waals surface area (Å²) in [4.78, 5) is 6.68. The van der Waals surface area contributed by atoms with Gasteiger partial charge in [-0.3, -0.25) is 9.89 Å². The second kappa shape index (κ2) is 10.7. The van der Waals surface area contributed by atoms with E-state index >= 15 is 0 Å². The van der Waals surface area contributed by atoms with Crippen molar-refractivity contribution in [3.05, 3.63) is 70.5 Å². The number of rotatable bonds is 8. The molecule has 1 saturated heterocycles. The van der Waals surface area contributed by atoms with Crippen molar-refractivity contribution in [2.75, 3.05) is 26.4 Å². The Morgan fingerprint density at radius 1 is 1.00 bits per heavy atom. The summed E-state index contributed by atoms with van der Waals surface area (Å²) < 4.78 is 37.0. The van der Waals surface area contributed by atoms with Gasteiger partial charge in [0.05, 0.1) is 5.75 Å². The lowest BCUT2D eigenvalue weighted by Crippen LogP contribution is -2.36. The molecule has 6 nitrogen and oxygen atoms in total. The van der Waals surface area contributed by atoms with Crippen molar-refractivity contribution in [1.29, 1.82) is 0 Å². The lowest BCUT2D eigenvalue weighted by atomic mass is 10.1. The van der Waals surface area contributed by atoms with E-state index in [2.05, 4.69) is 44.8 Å². The predicted octanol–water partition coefficient (Wildman–Crippen LogP) is 2.83. The fraction of sp³-hybridized carbons (Fsp3) is 0.435. The zero-order chi connectivity index (χ0) is 22.3. The lowest BCUT2D eigenvalue weighted by Gasteiger charge is -2.16. The van der Waals surface area contributed by atoms with E-state index in [0.717, 1.165) is 12.1 Å². The van der Waals surface area contributed by atoms with E-state index in [4.69, 9.17) is 0 Å². The first-order valence-corrected chi connectivity index (χ1v) is 12.6. The summed E-state index contributed by atoms with van der Waals surface area (Å²) in [7, 11) is -1.55. The molecule has 0 atom stereocenters. The quantitative estimate of drug-likeness (QED) is 0.482. The zero-order valence-electron chi connectivity index (χ0n) is 18.2. The fourth-order valence-corrected chi connectivity index (χ4v) is 4.58. The molecule has 1 fully saturated rings. The van der Waals surface area contributed by atoms with Crippen LogP contribution < -0.4 is 10.6 Å². The van der Waals surface area contributed by atoms with Crippen molar-refractivity contribution in [2.24, 2.45) is 4.99 Å². The number of hydrogen-bond acceptors (Lipinski definition) is 4. The molecular formula is C23H31FN4O2S. The normalized spacial score (nSPS) is 15.3. The number of hydrogen-bond donors (Lipinski definition) is 2. The van der Waals surface area contributed by atoms with Crippen LogP contribution in [0.3, 0.4) is 0 Å². The molecular weight excluding hydrogens is 415 g/mol. The molecule has 0 radical (unpaired) electrons. The minimum Gasteiger partial charge on any atom is -0.352 e. The molecule has 2 N–H and O–H groups in total. The first-order valence-electron chi connectivity index (χ1n) is 10.5. The van der Waals surface area contributed by atoms with Crippen LogP contribution in [0.15, 0.2) is 47.5 Å². The number of likely N-dealkylation sites (tertiary alicyclic amines) is 1. The molecule has 0 aromatic heterocycles. The van der Waals surface area contributed by atoms with Gasteiger partial charge in [-0.25, -0.2) is 12.8 Å². The molecule has 31 heavy (non-hydrogen) atoms. The van der Waals surface area contributed by atoms with Gasteiger partial charge in [0.1, 0.15) is 5.82 Å². The van der Waals surface area contributed by atoms with Gasteiger partial charge < -0.3 is 10.6 Å². The third-order valence-corrected chi connectivity index (χ3v) is 6.18. The molecule has 0 bridgehead atoms. The first kappa shape index (κ1) is 23.2. The number of sulfone groups is 1. The monoisotopic (exact) mass is 446 g/mol. The second-order valence-electron chi connectivity index (χ2n) is 8.06. The third-order valence-electron chi connectivity index (χ3n) is 5.34. The van der Waals surface area contributed by atoms with Crippen LogP contribution in [0.1, 0.15) is 35.1 Å². The highest BCUT2D eigenvalue weighted by atomic mass is 32.2. The SMILES string of the molecule is CN=C(NCc1ccc(CN2CCCC2)cc1)NCc1cc(F)ccc1CS(C)(=O)=O. The highest BCUT2D eigenvalue weighted by Crippen LogP contribution is 2.15. The second-order valence-corrected chi connectivity index (χ2v) is 10.2. The van der Waals surface area contributed by atoms with Crippen LogP contribution in [-0.4, -0.2) is 45.7 Å². The molecule has 1 heterocycles. The number of benzene rings is 2. The number of guanidine groups is 1. The van der Waals surface area contributed by atoms with Crippen molar-refractivity contribution in [3.8, 4) is 0 Å². The zero-order valence-corrected chi connectivity index (χ0v) is 19.0. The van der Waals surface area contributed by atoms with E-state index in [1.54, 1.807) is 7.05 Å². The van der Waals surface area contributed by atoms with Crippen molar-refractivity contribution in [2.45, 2.75) is 38.2 Å². The summed E-state index contributed by atoms with van der Waals surface area (Å²) in [6.45, 7) is 4.24. The van der Waals surface area contributed by atoms with E-state index in [-0.39, 0.29) is 12.3 Å². The Balaban J connectivity index is 1.53. The topological polar surface area (TPSA) is 73.8 Å². The van der Waals surface area contributed by atoms with Crippen LogP contribution in [0.5, 0.6) is 0 Å². The number of halogens is 1. The van der Waals surface area contributed by atoms with Crippen LogP contribution in [0.2, 0.25) is 0 Å². The molecule has 1 aliphatic rings. The summed E-state index contributed by atoms with van der Waals surface area (Å²) in [6, 6.07) is 12.7. The van der Waals surface area contributed by atoms with Crippen molar-refractivity contribution in [3.63, 3.8) is 0 Å². The highest BCUT2D eigenvalue weighted by Gasteiger charge is 2.12. The minimum atomic E-state index is -3.21. The van der Waals surface area contributed by atoms with Crippen molar-refractivity contribution >= 4 is 15.8 Å². The fourth-order valence-electron chi connectivity index (χ4n) is 3.73. The molecule has 1 aliphatic heterocycles. The maximum Gasteiger partial charge on any atom is 0.191 e. The first-order chi connectivity index (χ1) is 14.8. The number of nitrogens with one attached hydrogen (secondary N) is 2. The van der Waals surface area contributed by atoms with Crippen molar-refractivity contribution < 1.29 is 12.8 Å². The van der Waals surface area contributed by atoms with Gasteiger partial charge >= 0.3 is 0 Å². The maximum atomic E-state index is 13.7. The molecule has 0 spiro atoms. The van der Waals surface area contributed by atoms with Gasteiger partial charge in [-0.15, -0.1) is 0 Å². The summed E-state index contributed by atoms with van der Waals surface area (Å²) >= 11 is 0. The minimum absolute atomic E-state index is 0.125. The molecule has 0 aliphatic carbocycles. The molecule has 168 valence electrons. The van der Waals surface area contributed by atoms with Gasteiger partial charge in [0.15, 0.2) is 15.8 Å².